The third kappa shape index (κ3) is 2.86. The summed E-state index contributed by atoms with van der Waals surface area (Å²) in [7, 11) is 0. The Kier molecular flexibility index (Phi) is 3.92. The van der Waals surface area contributed by atoms with Crippen LogP contribution in [0.2, 0.25) is 0 Å². The van der Waals surface area contributed by atoms with E-state index in [9.17, 15) is 5.26 Å². The Balaban J connectivity index is 1.52. The molecule has 5 rings (SSSR count). The summed E-state index contributed by atoms with van der Waals surface area (Å²) < 4.78 is 4.08. The summed E-state index contributed by atoms with van der Waals surface area (Å²) in [6.45, 7) is 4.77. The van der Waals surface area contributed by atoms with Crippen LogP contribution in [-0.4, -0.2) is 19.1 Å². The number of pyridine rings is 1. The first-order valence-electron chi connectivity index (χ1n) is 9.53. The van der Waals surface area contributed by atoms with Crippen LogP contribution in [-0.2, 0) is 6.54 Å². The van der Waals surface area contributed by atoms with Gasteiger partial charge in [0.15, 0.2) is 5.65 Å². The van der Waals surface area contributed by atoms with Crippen molar-refractivity contribution < 1.29 is 0 Å². The van der Waals surface area contributed by atoms with E-state index in [-0.39, 0.29) is 0 Å². The van der Waals surface area contributed by atoms with Gasteiger partial charge in [-0.25, -0.2) is 9.97 Å². The van der Waals surface area contributed by atoms with Crippen LogP contribution < -0.4 is 0 Å². The molecule has 0 radical (unpaired) electrons. The maximum absolute atomic E-state index is 9.56. The van der Waals surface area contributed by atoms with Gasteiger partial charge >= 0.3 is 0 Å². The quantitative estimate of drug-likeness (QED) is 0.449. The highest BCUT2D eigenvalue weighted by Crippen LogP contribution is 2.25. The van der Waals surface area contributed by atoms with Crippen molar-refractivity contribution >= 4 is 22.1 Å². The molecule has 5 heteroatoms. The Hall–Kier alpha value is -3.91. The van der Waals surface area contributed by atoms with Crippen molar-refractivity contribution in [2.24, 2.45) is 0 Å². The molecule has 0 atom stereocenters. The normalized spacial score (nSPS) is 11.2. The highest BCUT2D eigenvalue weighted by Gasteiger charge is 2.11. The molecule has 3 aromatic heterocycles. The number of nitrogens with zero attached hydrogens (tertiary/aromatic N) is 5. The fourth-order valence-electron chi connectivity index (χ4n) is 3.93. The number of aryl methyl sites for hydroxylation is 2. The van der Waals surface area contributed by atoms with Crippen LogP contribution in [0.15, 0.2) is 67.0 Å². The molecular weight excluding hydrogens is 358 g/mol. The average molecular weight is 377 g/mol. The Bertz CT molecular complexity index is 1400. The maximum Gasteiger partial charge on any atom is 0.160 e. The van der Waals surface area contributed by atoms with Gasteiger partial charge in [-0.05, 0) is 55.3 Å². The Morgan fingerprint density at radius 2 is 1.79 bits per heavy atom. The van der Waals surface area contributed by atoms with E-state index in [1.807, 2.05) is 48.1 Å². The molecule has 3 heterocycles. The molecule has 0 aliphatic carbocycles. The fraction of sp³-hybridized carbons (Fsp3) is 0.125. The fourth-order valence-corrected chi connectivity index (χ4v) is 3.93. The third-order valence-electron chi connectivity index (χ3n) is 5.26. The molecule has 0 amide bonds. The lowest BCUT2D eigenvalue weighted by Gasteiger charge is -2.10. The van der Waals surface area contributed by atoms with E-state index >= 15 is 0 Å². The second-order valence-corrected chi connectivity index (χ2v) is 7.33. The van der Waals surface area contributed by atoms with E-state index < -0.39 is 0 Å². The van der Waals surface area contributed by atoms with Crippen molar-refractivity contribution in [3.63, 3.8) is 0 Å². The molecular formula is C24H19N5. The van der Waals surface area contributed by atoms with Crippen LogP contribution in [0.4, 0.5) is 0 Å². The van der Waals surface area contributed by atoms with Gasteiger partial charge in [-0.15, -0.1) is 0 Å². The van der Waals surface area contributed by atoms with Gasteiger partial charge in [0.1, 0.15) is 17.3 Å². The molecule has 5 aromatic rings. The minimum absolute atomic E-state index is 0.634. The number of imidazole rings is 1. The standard InChI is InChI=1S/C24H19N5/c1-16-11-17(2)27-24-23(16)26-15-28(24)14-18-7-9-20(10-8-18)29-21(13-25)12-19-5-3-4-6-22(19)29/h3-12,15H,14H2,1-2H3. The monoisotopic (exact) mass is 377 g/mol. The van der Waals surface area contributed by atoms with Gasteiger partial charge in [0.25, 0.3) is 0 Å². The zero-order valence-corrected chi connectivity index (χ0v) is 16.3. The Morgan fingerprint density at radius 3 is 2.59 bits per heavy atom. The van der Waals surface area contributed by atoms with Gasteiger partial charge in [0.05, 0.1) is 18.4 Å². The number of fused-ring (bicyclic) bond motifs is 2. The number of rotatable bonds is 3. The molecule has 5 nitrogen and oxygen atoms in total. The zero-order chi connectivity index (χ0) is 20.0. The molecule has 0 fully saturated rings. The first-order valence-corrected chi connectivity index (χ1v) is 9.53. The van der Waals surface area contributed by atoms with E-state index in [1.54, 1.807) is 0 Å². The van der Waals surface area contributed by atoms with Crippen LogP contribution >= 0.6 is 0 Å². The number of benzene rings is 2. The number of hydrogen-bond acceptors (Lipinski definition) is 3. The van der Waals surface area contributed by atoms with Crippen LogP contribution in [0.1, 0.15) is 22.5 Å². The summed E-state index contributed by atoms with van der Waals surface area (Å²) in [5, 5.41) is 10.6. The molecule has 0 saturated carbocycles. The highest BCUT2D eigenvalue weighted by atomic mass is 15.1. The van der Waals surface area contributed by atoms with Crippen LogP contribution in [0.3, 0.4) is 0 Å². The summed E-state index contributed by atoms with van der Waals surface area (Å²) in [6.07, 6.45) is 1.85. The van der Waals surface area contributed by atoms with E-state index in [0.717, 1.165) is 44.6 Å². The van der Waals surface area contributed by atoms with E-state index in [1.165, 1.54) is 0 Å². The van der Waals surface area contributed by atoms with Gasteiger partial charge in [0, 0.05) is 16.8 Å². The molecule has 2 aromatic carbocycles. The highest BCUT2D eigenvalue weighted by molar-refractivity contribution is 5.84. The van der Waals surface area contributed by atoms with Crippen molar-refractivity contribution in [1.29, 1.82) is 5.26 Å². The molecule has 140 valence electrons. The summed E-state index contributed by atoms with van der Waals surface area (Å²) >= 11 is 0. The lowest BCUT2D eigenvalue weighted by Crippen LogP contribution is -2.01. The maximum atomic E-state index is 9.56. The van der Waals surface area contributed by atoms with Crippen molar-refractivity contribution in [2.75, 3.05) is 0 Å². The Morgan fingerprint density at radius 1 is 1.00 bits per heavy atom. The van der Waals surface area contributed by atoms with Gasteiger partial charge in [-0.1, -0.05) is 30.3 Å². The lowest BCUT2D eigenvalue weighted by atomic mass is 10.2. The number of para-hydroxylation sites is 1. The second-order valence-electron chi connectivity index (χ2n) is 7.33. The lowest BCUT2D eigenvalue weighted by molar-refractivity contribution is 0.812. The average Bonchev–Trinajstić information content (AvgIpc) is 3.30. The molecule has 0 unspecified atom stereocenters. The van der Waals surface area contributed by atoms with Crippen LogP contribution in [0.5, 0.6) is 0 Å². The SMILES string of the molecule is Cc1cc(C)c2ncn(Cc3ccc(-n4c(C#N)cc5ccccc54)cc3)c2n1. The van der Waals surface area contributed by atoms with Gasteiger partial charge in [0.2, 0.25) is 0 Å². The third-order valence-corrected chi connectivity index (χ3v) is 5.26. The zero-order valence-electron chi connectivity index (χ0n) is 16.3. The van der Waals surface area contributed by atoms with Gasteiger partial charge in [-0.2, -0.15) is 5.26 Å². The number of nitriles is 1. The topological polar surface area (TPSA) is 59.4 Å². The largest absolute Gasteiger partial charge is 0.311 e. The summed E-state index contributed by atoms with van der Waals surface area (Å²) in [4.78, 5) is 9.20. The molecule has 0 aliphatic heterocycles. The number of aromatic nitrogens is 4. The predicted molar refractivity (Wildman–Crippen MR) is 114 cm³/mol. The van der Waals surface area contributed by atoms with E-state index in [4.69, 9.17) is 0 Å². The van der Waals surface area contributed by atoms with Gasteiger partial charge < -0.3 is 9.13 Å². The summed E-state index contributed by atoms with van der Waals surface area (Å²) in [5.74, 6) is 0. The van der Waals surface area contributed by atoms with Crippen molar-refractivity contribution in [2.45, 2.75) is 20.4 Å². The number of hydrogen-bond donors (Lipinski definition) is 0. The second kappa shape index (κ2) is 6.61. The van der Waals surface area contributed by atoms with Crippen molar-refractivity contribution in [3.8, 4) is 11.8 Å². The van der Waals surface area contributed by atoms with Gasteiger partial charge in [-0.3, -0.25) is 0 Å². The molecule has 0 bridgehead atoms. The minimum atomic E-state index is 0.634. The molecule has 0 spiro atoms. The molecule has 0 saturated heterocycles. The molecule has 0 aliphatic rings. The minimum Gasteiger partial charge on any atom is -0.311 e. The van der Waals surface area contributed by atoms with Crippen LogP contribution in [0, 0.1) is 25.2 Å². The molecule has 29 heavy (non-hydrogen) atoms. The summed E-state index contributed by atoms with van der Waals surface area (Å²) in [5.41, 5.74) is 7.80. The Labute approximate surface area is 168 Å². The first kappa shape index (κ1) is 17.2. The van der Waals surface area contributed by atoms with E-state index in [0.29, 0.717) is 12.2 Å². The predicted octanol–water partition coefficient (Wildman–Crippen LogP) is 4.91. The smallest absolute Gasteiger partial charge is 0.160 e. The molecule has 0 N–H and O–H groups in total. The van der Waals surface area contributed by atoms with Crippen LogP contribution in [0.25, 0.3) is 27.8 Å². The summed E-state index contributed by atoms with van der Waals surface area (Å²) in [6, 6.07) is 22.7. The first-order chi connectivity index (χ1) is 14.1. The van der Waals surface area contributed by atoms with E-state index in [2.05, 4.69) is 57.9 Å². The van der Waals surface area contributed by atoms with Crippen molar-refractivity contribution in [3.05, 3.63) is 89.5 Å². The van der Waals surface area contributed by atoms with Crippen molar-refractivity contribution in [1.82, 2.24) is 19.1 Å².